The minimum Gasteiger partial charge on any atom is -0.496 e. The fourth-order valence-corrected chi connectivity index (χ4v) is 3.63. The fraction of sp³-hybridized carbons (Fsp3) is 0.333. The number of methoxy groups -OCH3 is 1. The molecule has 2 N–H and O–H groups in total. The van der Waals surface area contributed by atoms with Crippen molar-refractivity contribution in [2.24, 2.45) is 0 Å². The van der Waals surface area contributed by atoms with E-state index in [1.165, 1.54) is 6.07 Å². The zero-order valence-corrected chi connectivity index (χ0v) is 15.6. The maximum absolute atomic E-state index is 14.8. The largest absolute Gasteiger partial charge is 0.496 e. The molecule has 0 radical (unpaired) electrons. The van der Waals surface area contributed by atoms with Gasteiger partial charge in [0.05, 0.1) is 12.5 Å². The molecule has 1 aliphatic heterocycles. The van der Waals surface area contributed by atoms with Crippen molar-refractivity contribution in [2.75, 3.05) is 25.5 Å². The Hall–Kier alpha value is -2.73. The Balaban J connectivity index is 1.85. The smallest absolute Gasteiger partial charge is 0.159 e. The summed E-state index contributed by atoms with van der Waals surface area (Å²) in [5.74, 6) is 0.889. The highest BCUT2D eigenvalue weighted by Crippen LogP contribution is 2.36. The first-order valence-electron chi connectivity index (χ1n) is 9.24. The minimum atomic E-state index is -0.305. The molecule has 3 aromatic rings. The lowest BCUT2D eigenvalue weighted by atomic mass is 10.0. The number of nitrogens with zero attached hydrogens (tertiary/aromatic N) is 2. The van der Waals surface area contributed by atoms with Gasteiger partial charge in [0.15, 0.2) is 5.82 Å². The Morgan fingerprint density at radius 3 is 2.89 bits per heavy atom. The lowest BCUT2D eigenvalue weighted by Crippen LogP contribution is -2.38. The molecule has 2 aromatic carbocycles. The Morgan fingerprint density at radius 2 is 2.11 bits per heavy atom. The highest BCUT2D eigenvalue weighted by molar-refractivity contribution is 6.01. The van der Waals surface area contributed by atoms with Crippen molar-refractivity contribution < 1.29 is 9.13 Å². The lowest BCUT2D eigenvalue weighted by molar-refractivity contribution is 0.416. The van der Waals surface area contributed by atoms with E-state index in [0.717, 1.165) is 42.4 Å². The number of fused-ring (bicyclic) bond motifs is 1. The van der Waals surface area contributed by atoms with Crippen LogP contribution in [0.3, 0.4) is 0 Å². The topological polar surface area (TPSA) is 59.1 Å². The number of anilines is 1. The van der Waals surface area contributed by atoms with Crippen LogP contribution in [-0.2, 0) is 0 Å². The van der Waals surface area contributed by atoms with Crippen molar-refractivity contribution in [1.29, 1.82) is 0 Å². The van der Waals surface area contributed by atoms with Gasteiger partial charge in [-0.25, -0.2) is 4.39 Å². The molecule has 4 rings (SSSR count). The summed E-state index contributed by atoms with van der Waals surface area (Å²) < 4.78 is 20.3. The summed E-state index contributed by atoms with van der Waals surface area (Å²) in [5, 5.41) is 16.7. The molecule has 1 aromatic heterocycles. The minimum absolute atomic E-state index is 0.218. The highest BCUT2D eigenvalue weighted by atomic mass is 19.1. The second-order valence-corrected chi connectivity index (χ2v) is 6.95. The number of benzene rings is 2. The first-order chi connectivity index (χ1) is 13.2. The van der Waals surface area contributed by atoms with E-state index in [2.05, 4.69) is 20.8 Å². The van der Waals surface area contributed by atoms with Crippen LogP contribution in [0.2, 0.25) is 0 Å². The number of piperidine rings is 1. The van der Waals surface area contributed by atoms with Crippen LogP contribution >= 0.6 is 0 Å². The Labute approximate surface area is 158 Å². The Bertz CT molecular complexity index is 970. The first kappa shape index (κ1) is 17.7. The van der Waals surface area contributed by atoms with Crippen LogP contribution in [0.1, 0.15) is 18.4 Å². The number of aryl methyl sites for hydroxylation is 1. The van der Waals surface area contributed by atoms with Crippen LogP contribution in [-0.4, -0.2) is 36.4 Å². The molecule has 6 heteroatoms. The van der Waals surface area contributed by atoms with Gasteiger partial charge in [0, 0.05) is 23.5 Å². The quantitative estimate of drug-likeness (QED) is 0.733. The summed E-state index contributed by atoms with van der Waals surface area (Å²) in [5.41, 5.74) is 2.51. The molecule has 140 valence electrons. The molecule has 1 atom stereocenters. The van der Waals surface area contributed by atoms with Crippen LogP contribution < -0.4 is 15.4 Å². The number of aromatic nitrogens is 2. The Morgan fingerprint density at radius 1 is 1.22 bits per heavy atom. The summed E-state index contributed by atoms with van der Waals surface area (Å²) in [7, 11) is 1.63. The van der Waals surface area contributed by atoms with Gasteiger partial charge in [0.2, 0.25) is 0 Å². The summed E-state index contributed by atoms with van der Waals surface area (Å²) in [6.07, 6.45) is 2.11. The normalized spacial score (nSPS) is 17.1. The average Bonchev–Trinajstić information content (AvgIpc) is 2.69. The van der Waals surface area contributed by atoms with Gasteiger partial charge in [0.25, 0.3) is 0 Å². The number of nitrogens with one attached hydrogen (secondary N) is 2. The van der Waals surface area contributed by atoms with Gasteiger partial charge in [-0.15, -0.1) is 10.2 Å². The monoisotopic (exact) mass is 366 g/mol. The molecule has 0 amide bonds. The third-order valence-corrected chi connectivity index (χ3v) is 5.01. The van der Waals surface area contributed by atoms with E-state index in [0.29, 0.717) is 22.6 Å². The second kappa shape index (κ2) is 7.48. The molecule has 0 saturated carbocycles. The van der Waals surface area contributed by atoms with Gasteiger partial charge < -0.3 is 15.4 Å². The van der Waals surface area contributed by atoms with Crippen LogP contribution in [0.4, 0.5) is 10.2 Å². The molecule has 5 nitrogen and oxygen atoms in total. The zero-order chi connectivity index (χ0) is 18.8. The van der Waals surface area contributed by atoms with Crippen molar-refractivity contribution in [3.05, 3.63) is 47.8 Å². The Kier molecular flexibility index (Phi) is 4.90. The van der Waals surface area contributed by atoms with E-state index in [1.807, 2.05) is 31.2 Å². The number of hydrogen-bond donors (Lipinski definition) is 2. The van der Waals surface area contributed by atoms with Gasteiger partial charge in [0.1, 0.15) is 17.3 Å². The predicted molar refractivity (Wildman–Crippen MR) is 106 cm³/mol. The third kappa shape index (κ3) is 3.45. The number of hydrogen-bond acceptors (Lipinski definition) is 5. The SMILES string of the molecule is COc1cc(C)ccc1-c1nnc(N[C@@H]2CCCNC2)c2c(F)cccc12. The summed E-state index contributed by atoms with van der Waals surface area (Å²) in [6.45, 7) is 3.86. The molecular weight excluding hydrogens is 343 g/mol. The standard InChI is InChI=1S/C21H23FN4O/c1-13-8-9-15(18(11-13)27-2)20-16-6-3-7-17(22)19(16)21(26-25-20)24-14-5-4-10-23-12-14/h3,6-9,11,14,23H,4-5,10,12H2,1-2H3,(H,24,26)/t14-/m1/s1. The fourth-order valence-electron chi connectivity index (χ4n) is 3.63. The van der Waals surface area contributed by atoms with E-state index >= 15 is 0 Å². The van der Waals surface area contributed by atoms with Gasteiger partial charge in [-0.1, -0.05) is 18.2 Å². The number of halogens is 1. The lowest BCUT2D eigenvalue weighted by Gasteiger charge is -2.25. The van der Waals surface area contributed by atoms with Gasteiger partial charge >= 0.3 is 0 Å². The second-order valence-electron chi connectivity index (χ2n) is 6.95. The molecule has 0 bridgehead atoms. The third-order valence-electron chi connectivity index (χ3n) is 5.01. The molecule has 1 saturated heterocycles. The van der Waals surface area contributed by atoms with Crippen molar-refractivity contribution in [3.63, 3.8) is 0 Å². The highest BCUT2D eigenvalue weighted by Gasteiger charge is 2.20. The molecule has 0 unspecified atom stereocenters. The molecule has 2 heterocycles. The van der Waals surface area contributed by atoms with Gasteiger partial charge in [-0.3, -0.25) is 0 Å². The maximum Gasteiger partial charge on any atom is 0.159 e. The molecule has 1 fully saturated rings. The van der Waals surface area contributed by atoms with E-state index in [-0.39, 0.29) is 11.9 Å². The molecule has 0 aliphatic carbocycles. The van der Waals surface area contributed by atoms with E-state index in [9.17, 15) is 4.39 Å². The molecule has 27 heavy (non-hydrogen) atoms. The van der Waals surface area contributed by atoms with Crippen molar-refractivity contribution in [1.82, 2.24) is 15.5 Å². The first-order valence-corrected chi connectivity index (χ1v) is 9.24. The number of ether oxygens (including phenoxy) is 1. The predicted octanol–water partition coefficient (Wildman–Crippen LogP) is 3.92. The maximum atomic E-state index is 14.8. The van der Waals surface area contributed by atoms with Gasteiger partial charge in [-0.2, -0.15) is 0 Å². The molecular formula is C21H23FN4O. The van der Waals surface area contributed by atoms with Gasteiger partial charge in [-0.05, 0) is 50.1 Å². The van der Waals surface area contributed by atoms with E-state index in [1.54, 1.807) is 13.2 Å². The van der Waals surface area contributed by atoms with Crippen LogP contribution in [0.25, 0.3) is 22.0 Å². The van der Waals surface area contributed by atoms with Crippen LogP contribution in [0.5, 0.6) is 5.75 Å². The van der Waals surface area contributed by atoms with E-state index < -0.39 is 0 Å². The van der Waals surface area contributed by atoms with Crippen molar-refractivity contribution in [2.45, 2.75) is 25.8 Å². The average molecular weight is 366 g/mol. The van der Waals surface area contributed by atoms with E-state index in [4.69, 9.17) is 4.74 Å². The molecule has 0 spiro atoms. The summed E-state index contributed by atoms with van der Waals surface area (Å²) in [6, 6.07) is 11.1. The summed E-state index contributed by atoms with van der Waals surface area (Å²) in [4.78, 5) is 0. The zero-order valence-electron chi connectivity index (χ0n) is 15.6. The van der Waals surface area contributed by atoms with Crippen molar-refractivity contribution >= 4 is 16.6 Å². The summed E-state index contributed by atoms with van der Waals surface area (Å²) >= 11 is 0. The van der Waals surface area contributed by atoms with Crippen molar-refractivity contribution in [3.8, 4) is 17.0 Å². The van der Waals surface area contributed by atoms with Crippen LogP contribution in [0.15, 0.2) is 36.4 Å². The molecule has 1 aliphatic rings. The van der Waals surface area contributed by atoms with Crippen LogP contribution in [0, 0.1) is 12.7 Å². The number of rotatable bonds is 4.